The lowest BCUT2D eigenvalue weighted by atomic mass is 10.2. The second-order valence-electron chi connectivity index (χ2n) is 8.30. The molecule has 0 fully saturated rings. The summed E-state index contributed by atoms with van der Waals surface area (Å²) in [6, 6.07) is 3.02. The number of nitrogens with zero attached hydrogens (tertiary/aromatic N) is 5. The molecule has 1 rings (SSSR count). The van der Waals surface area contributed by atoms with Crippen LogP contribution in [-0.4, -0.2) is 49.3 Å². The fourth-order valence-electron chi connectivity index (χ4n) is 3.81. The zero-order valence-electron chi connectivity index (χ0n) is 19.3. The summed E-state index contributed by atoms with van der Waals surface area (Å²) in [5.41, 5.74) is 1.64. The van der Waals surface area contributed by atoms with Crippen LogP contribution in [0.5, 0.6) is 0 Å². The van der Waals surface area contributed by atoms with Crippen molar-refractivity contribution in [3.05, 3.63) is 38.4 Å². The second kappa shape index (κ2) is 10.8. The van der Waals surface area contributed by atoms with E-state index in [4.69, 9.17) is 0 Å². The molecule has 1 aromatic rings. The number of hydrogen-bond acceptors (Lipinski definition) is 7. The second-order valence-corrected chi connectivity index (χ2v) is 10.6. The number of non-ortho nitro benzene ring substituents is 1. The Morgan fingerprint density at radius 3 is 1.71 bits per heavy atom. The van der Waals surface area contributed by atoms with Gasteiger partial charge in [-0.05, 0) is 61.5 Å². The van der Waals surface area contributed by atoms with Crippen LogP contribution in [0.4, 0.5) is 17.1 Å². The van der Waals surface area contributed by atoms with Gasteiger partial charge >= 0.3 is 5.69 Å². The minimum atomic E-state index is -3.33. The Kier molecular flexibility index (Phi) is 9.28. The molecule has 0 aromatic heterocycles. The van der Waals surface area contributed by atoms with Crippen molar-refractivity contribution < 1.29 is 14.4 Å². The van der Waals surface area contributed by atoms with Gasteiger partial charge in [-0.3, -0.25) is 30.2 Å². The van der Waals surface area contributed by atoms with Crippen molar-refractivity contribution in [2.75, 3.05) is 5.43 Å². The Bertz CT molecular complexity index is 831. The molecule has 31 heavy (non-hydrogen) atoms. The normalized spacial score (nSPS) is 12.8. The van der Waals surface area contributed by atoms with Crippen LogP contribution in [0.15, 0.2) is 23.3 Å². The molecule has 0 radical (unpaired) electrons. The van der Waals surface area contributed by atoms with Gasteiger partial charge in [-0.15, -0.1) is 0 Å². The SMILES string of the molecule is CC(C)N(C(C)C)P(=O)(/C=N/Nc1ccc([N+](=O)[O-])cc1[N+](=O)[O-])N(C(C)C)C(C)C. The van der Waals surface area contributed by atoms with E-state index in [2.05, 4.69) is 10.5 Å². The summed E-state index contributed by atoms with van der Waals surface area (Å²) in [6.45, 7) is 15.6. The maximum atomic E-state index is 14.4. The van der Waals surface area contributed by atoms with E-state index in [9.17, 15) is 24.8 Å². The summed E-state index contributed by atoms with van der Waals surface area (Å²) in [7, 11) is -3.33. The Morgan fingerprint density at radius 2 is 1.35 bits per heavy atom. The van der Waals surface area contributed by atoms with Crippen molar-refractivity contribution >= 4 is 30.5 Å². The lowest BCUT2D eigenvalue weighted by Crippen LogP contribution is -2.45. The van der Waals surface area contributed by atoms with Crippen LogP contribution in [0.25, 0.3) is 0 Å². The minimum absolute atomic E-state index is 0.0281. The van der Waals surface area contributed by atoms with Gasteiger partial charge in [0.05, 0.1) is 15.9 Å². The zero-order valence-corrected chi connectivity index (χ0v) is 20.2. The fourth-order valence-corrected chi connectivity index (χ4v) is 7.14. The average molecular weight is 456 g/mol. The van der Waals surface area contributed by atoms with Crippen LogP contribution in [0.1, 0.15) is 55.4 Å². The molecule has 11 nitrogen and oxygen atoms in total. The van der Waals surface area contributed by atoms with Crippen molar-refractivity contribution in [1.29, 1.82) is 0 Å². The van der Waals surface area contributed by atoms with Gasteiger partial charge in [0, 0.05) is 30.2 Å². The van der Waals surface area contributed by atoms with E-state index in [1.807, 2.05) is 64.7 Å². The molecule has 0 aliphatic heterocycles. The van der Waals surface area contributed by atoms with Gasteiger partial charge in [-0.25, -0.2) is 9.34 Å². The maximum absolute atomic E-state index is 14.4. The van der Waals surface area contributed by atoms with Crippen LogP contribution in [0, 0.1) is 20.2 Å². The van der Waals surface area contributed by atoms with E-state index in [-0.39, 0.29) is 29.9 Å². The van der Waals surface area contributed by atoms with E-state index in [0.717, 1.165) is 12.1 Å². The van der Waals surface area contributed by atoms with Crippen molar-refractivity contribution in [2.24, 2.45) is 5.10 Å². The number of benzene rings is 1. The highest BCUT2D eigenvalue weighted by atomic mass is 31.2. The third kappa shape index (κ3) is 6.32. The van der Waals surface area contributed by atoms with E-state index < -0.39 is 28.7 Å². The summed E-state index contributed by atoms with van der Waals surface area (Å²) in [4.78, 5) is 20.8. The first-order valence-corrected chi connectivity index (χ1v) is 11.8. The molecule has 0 bridgehead atoms. The summed E-state index contributed by atoms with van der Waals surface area (Å²) in [6.07, 6.45) is 0. The lowest BCUT2D eigenvalue weighted by Gasteiger charge is -2.45. The molecule has 0 aliphatic rings. The summed E-state index contributed by atoms with van der Waals surface area (Å²) >= 11 is 0. The molecule has 0 atom stereocenters. The number of hydrogen-bond donors (Lipinski definition) is 1. The third-order valence-corrected chi connectivity index (χ3v) is 8.15. The van der Waals surface area contributed by atoms with Crippen molar-refractivity contribution in [3.8, 4) is 0 Å². The van der Waals surface area contributed by atoms with Crippen LogP contribution >= 0.6 is 7.44 Å². The quantitative estimate of drug-likeness (QED) is 0.205. The topological polar surface area (TPSA) is 134 Å². The average Bonchev–Trinajstić information content (AvgIpc) is 2.59. The predicted molar refractivity (Wildman–Crippen MR) is 124 cm³/mol. The van der Waals surface area contributed by atoms with Crippen molar-refractivity contribution in [2.45, 2.75) is 79.6 Å². The highest BCUT2D eigenvalue weighted by molar-refractivity contribution is 7.74. The fraction of sp³-hybridized carbons (Fsp3) is 0.632. The van der Waals surface area contributed by atoms with Gasteiger partial charge in [-0.2, -0.15) is 5.10 Å². The summed E-state index contributed by atoms with van der Waals surface area (Å²) < 4.78 is 18.2. The number of nitrogens with one attached hydrogen (secondary N) is 1. The van der Waals surface area contributed by atoms with Crippen LogP contribution in [0.3, 0.4) is 0 Å². The van der Waals surface area contributed by atoms with E-state index in [1.54, 1.807) is 0 Å². The largest absolute Gasteiger partial charge is 0.301 e. The first-order valence-electron chi connectivity index (χ1n) is 10.1. The van der Waals surface area contributed by atoms with Crippen LogP contribution < -0.4 is 5.43 Å². The molecule has 1 N–H and O–H groups in total. The summed E-state index contributed by atoms with van der Waals surface area (Å²) in [5.74, 6) is 1.32. The van der Waals surface area contributed by atoms with Gasteiger partial charge in [0.25, 0.3) is 13.1 Å². The highest BCUT2D eigenvalue weighted by Gasteiger charge is 2.41. The van der Waals surface area contributed by atoms with E-state index in [1.165, 1.54) is 12.0 Å². The molecular weight excluding hydrogens is 423 g/mol. The number of rotatable bonds is 11. The molecule has 0 unspecified atom stereocenters. The lowest BCUT2D eigenvalue weighted by molar-refractivity contribution is -0.393. The molecule has 1 aromatic carbocycles. The number of nitro benzene ring substituents is 2. The number of nitro groups is 2. The van der Waals surface area contributed by atoms with Gasteiger partial charge < -0.3 is 0 Å². The predicted octanol–water partition coefficient (Wildman–Crippen LogP) is 5.29. The third-order valence-electron chi connectivity index (χ3n) is 4.56. The Morgan fingerprint density at radius 1 is 0.903 bits per heavy atom. The van der Waals surface area contributed by atoms with Crippen LogP contribution in [0.2, 0.25) is 0 Å². The molecule has 0 amide bonds. The number of anilines is 1. The number of hydrazone groups is 1. The Balaban J connectivity index is 3.47. The van der Waals surface area contributed by atoms with Crippen LogP contribution in [-0.2, 0) is 4.57 Å². The highest BCUT2D eigenvalue weighted by Crippen LogP contribution is 2.55. The first kappa shape index (κ1) is 26.7. The molecule has 0 heterocycles. The zero-order chi connectivity index (χ0) is 24.1. The minimum Gasteiger partial charge on any atom is -0.282 e. The van der Waals surface area contributed by atoms with Gasteiger partial charge in [0.1, 0.15) is 11.6 Å². The molecule has 0 saturated heterocycles. The summed E-state index contributed by atoms with van der Waals surface area (Å²) in [5, 5.41) is 26.4. The first-order chi connectivity index (χ1) is 14.2. The monoisotopic (exact) mass is 456 g/mol. The standard InChI is InChI=1S/C19H33N6O5P/c1-13(2)22(14(3)4)31(30,23(15(5)6)16(7)8)12-20-21-18-10-9-17(24(26)27)11-19(18)25(28)29/h9-16,21H,1-8H3/b20-12+. The van der Waals surface area contributed by atoms with Gasteiger partial charge in [-0.1, -0.05) is 0 Å². The van der Waals surface area contributed by atoms with E-state index >= 15 is 0 Å². The van der Waals surface area contributed by atoms with Crippen molar-refractivity contribution in [1.82, 2.24) is 9.34 Å². The Hall–Kier alpha value is -2.36. The molecule has 0 spiro atoms. The molecule has 0 saturated carbocycles. The maximum Gasteiger partial charge on any atom is 0.301 e. The van der Waals surface area contributed by atoms with E-state index in [0.29, 0.717) is 0 Å². The molecule has 12 heteroatoms. The van der Waals surface area contributed by atoms with Gasteiger partial charge in [0.2, 0.25) is 0 Å². The smallest absolute Gasteiger partial charge is 0.282 e. The molecular formula is C19H33N6O5P. The van der Waals surface area contributed by atoms with Gasteiger partial charge in [0.15, 0.2) is 0 Å². The van der Waals surface area contributed by atoms with Crippen molar-refractivity contribution in [3.63, 3.8) is 0 Å². The Labute approximate surface area is 183 Å². The molecule has 174 valence electrons. The molecule has 0 aliphatic carbocycles.